The number of carbonyl (C=O) groups is 4. The molecule has 0 radical (unpaired) electrons. The number of carboxylic acids is 1. The summed E-state index contributed by atoms with van der Waals surface area (Å²) in [6.45, 7) is -0.0254. The standard InChI is InChI=1S/C17H20FIN2O6/c1-9(17(26)21-12(7-16(24)25)13(22)8-18)20-15(23)6-10-5-11(19)3-4-14(10)27-2/h3-5,9,12H,6-8H2,1-2H3,(H,20,23)(H,21,26)(H,24,25)/t9-,12?/m0/s1. The van der Waals surface area contributed by atoms with Crippen LogP contribution >= 0.6 is 22.6 Å². The van der Waals surface area contributed by atoms with Crippen LogP contribution in [0.25, 0.3) is 0 Å². The molecule has 3 N–H and O–H groups in total. The minimum absolute atomic E-state index is 0.0421. The first-order valence-electron chi connectivity index (χ1n) is 7.90. The third-order valence-electron chi connectivity index (χ3n) is 3.58. The van der Waals surface area contributed by atoms with Gasteiger partial charge in [0.15, 0.2) is 5.78 Å². The summed E-state index contributed by atoms with van der Waals surface area (Å²) in [6.07, 6.45) is -0.783. The van der Waals surface area contributed by atoms with Crippen molar-refractivity contribution in [3.63, 3.8) is 0 Å². The summed E-state index contributed by atoms with van der Waals surface area (Å²) in [5.41, 5.74) is 0.630. The second kappa shape index (κ2) is 10.8. The Morgan fingerprint density at radius 1 is 1.26 bits per heavy atom. The number of carbonyl (C=O) groups excluding carboxylic acids is 3. The number of nitrogens with one attached hydrogen (secondary N) is 2. The highest BCUT2D eigenvalue weighted by Gasteiger charge is 2.26. The lowest BCUT2D eigenvalue weighted by Crippen LogP contribution is -2.51. The van der Waals surface area contributed by atoms with Gasteiger partial charge >= 0.3 is 5.97 Å². The van der Waals surface area contributed by atoms with E-state index in [1.165, 1.54) is 14.0 Å². The van der Waals surface area contributed by atoms with Gasteiger partial charge in [-0.2, -0.15) is 0 Å². The van der Waals surface area contributed by atoms with E-state index < -0.39 is 48.7 Å². The van der Waals surface area contributed by atoms with Crippen molar-refractivity contribution in [3.8, 4) is 5.75 Å². The van der Waals surface area contributed by atoms with Gasteiger partial charge in [0.1, 0.15) is 24.5 Å². The van der Waals surface area contributed by atoms with E-state index in [0.717, 1.165) is 3.57 Å². The summed E-state index contributed by atoms with van der Waals surface area (Å²) in [5.74, 6) is -3.13. The van der Waals surface area contributed by atoms with E-state index in [4.69, 9.17) is 9.84 Å². The van der Waals surface area contributed by atoms with E-state index in [1.54, 1.807) is 12.1 Å². The average Bonchev–Trinajstić information content (AvgIpc) is 2.59. The van der Waals surface area contributed by atoms with Crippen molar-refractivity contribution in [2.24, 2.45) is 0 Å². The molecule has 2 amide bonds. The van der Waals surface area contributed by atoms with E-state index in [9.17, 15) is 23.6 Å². The van der Waals surface area contributed by atoms with E-state index in [1.807, 2.05) is 6.07 Å². The van der Waals surface area contributed by atoms with Gasteiger partial charge in [0, 0.05) is 9.13 Å². The zero-order valence-electron chi connectivity index (χ0n) is 14.8. The molecule has 0 fully saturated rings. The molecule has 1 unspecified atom stereocenters. The largest absolute Gasteiger partial charge is 0.496 e. The predicted octanol–water partition coefficient (Wildman–Crippen LogP) is 0.845. The molecule has 1 aromatic rings. The highest BCUT2D eigenvalue weighted by Crippen LogP contribution is 2.21. The van der Waals surface area contributed by atoms with Gasteiger partial charge in [-0.15, -0.1) is 0 Å². The number of Topliss-reactive ketones (excluding diaryl/α,β-unsaturated/α-hetero) is 1. The number of ketones is 1. The number of methoxy groups -OCH3 is 1. The maximum absolute atomic E-state index is 12.5. The Hall–Kier alpha value is -2.24. The number of alkyl halides is 1. The van der Waals surface area contributed by atoms with Crippen LogP contribution in [0.5, 0.6) is 5.75 Å². The molecule has 0 saturated carbocycles. The molecule has 148 valence electrons. The smallest absolute Gasteiger partial charge is 0.305 e. The lowest BCUT2D eigenvalue weighted by atomic mass is 10.1. The van der Waals surface area contributed by atoms with E-state index in [-0.39, 0.29) is 6.42 Å². The lowest BCUT2D eigenvalue weighted by Gasteiger charge is -2.19. The number of amides is 2. The summed E-state index contributed by atoms with van der Waals surface area (Å²) in [7, 11) is 1.48. The lowest BCUT2D eigenvalue weighted by molar-refractivity contribution is -0.140. The Morgan fingerprint density at radius 2 is 1.93 bits per heavy atom. The monoisotopic (exact) mass is 494 g/mol. The number of rotatable bonds is 10. The van der Waals surface area contributed by atoms with Gasteiger partial charge < -0.3 is 20.5 Å². The van der Waals surface area contributed by atoms with Crippen molar-refractivity contribution in [1.82, 2.24) is 10.6 Å². The molecule has 27 heavy (non-hydrogen) atoms. The van der Waals surface area contributed by atoms with Gasteiger partial charge in [0.2, 0.25) is 11.8 Å². The maximum atomic E-state index is 12.5. The Morgan fingerprint density at radius 3 is 2.48 bits per heavy atom. The molecule has 2 atom stereocenters. The summed E-state index contributed by atoms with van der Waals surface area (Å²) < 4.78 is 18.6. The number of halogens is 2. The number of hydrogen-bond acceptors (Lipinski definition) is 5. The van der Waals surface area contributed by atoms with Crippen molar-refractivity contribution in [2.45, 2.75) is 31.8 Å². The van der Waals surface area contributed by atoms with Crippen LogP contribution in [0.2, 0.25) is 0 Å². The molecule has 0 saturated heterocycles. The zero-order valence-corrected chi connectivity index (χ0v) is 16.9. The van der Waals surface area contributed by atoms with Gasteiger partial charge in [0.25, 0.3) is 0 Å². The second-order valence-corrected chi connectivity index (χ2v) is 6.93. The van der Waals surface area contributed by atoms with Crippen LogP contribution in [-0.4, -0.2) is 54.5 Å². The van der Waals surface area contributed by atoms with Crippen LogP contribution in [0.15, 0.2) is 18.2 Å². The topological polar surface area (TPSA) is 122 Å². The number of aliphatic carboxylic acids is 1. The SMILES string of the molecule is COc1ccc(I)cc1CC(=O)N[C@@H](C)C(=O)NC(CC(=O)O)C(=O)CF. The van der Waals surface area contributed by atoms with Gasteiger partial charge in [-0.1, -0.05) is 0 Å². The summed E-state index contributed by atoms with van der Waals surface area (Å²) >= 11 is 2.09. The van der Waals surface area contributed by atoms with Crippen molar-refractivity contribution in [1.29, 1.82) is 0 Å². The number of ether oxygens (including phenoxy) is 1. The molecule has 0 spiro atoms. The third kappa shape index (κ3) is 7.49. The fourth-order valence-corrected chi connectivity index (χ4v) is 2.78. The normalized spacial score (nSPS) is 12.6. The number of carboxylic acid groups (broad SMARTS) is 1. The quantitative estimate of drug-likeness (QED) is 0.415. The summed E-state index contributed by atoms with van der Waals surface area (Å²) in [5, 5.41) is 13.4. The van der Waals surface area contributed by atoms with Gasteiger partial charge in [0.05, 0.1) is 20.0 Å². The van der Waals surface area contributed by atoms with Crippen LogP contribution in [0.3, 0.4) is 0 Å². The van der Waals surface area contributed by atoms with Crippen LogP contribution in [-0.2, 0) is 25.6 Å². The van der Waals surface area contributed by atoms with E-state index in [0.29, 0.717) is 11.3 Å². The molecule has 0 aliphatic heterocycles. The van der Waals surface area contributed by atoms with Crippen LogP contribution in [0, 0.1) is 3.57 Å². The highest BCUT2D eigenvalue weighted by atomic mass is 127. The Bertz CT molecular complexity index is 727. The summed E-state index contributed by atoms with van der Waals surface area (Å²) in [4.78, 5) is 46.4. The minimum Gasteiger partial charge on any atom is -0.496 e. The van der Waals surface area contributed by atoms with E-state index in [2.05, 4.69) is 33.2 Å². The second-order valence-electron chi connectivity index (χ2n) is 5.68. The average molecular weight is 494 g/mol. The molecule has 0 aliphatic carbocycles. The molecule has 1 rings (SSSR count). The maximum Gasteiger partial charge on any atom is 0.305 e. The predicted molar refractivity (Wildman–Crippen MR) is 102 cm³/mol. The molecular formula is C17H20FIN2O6. The zero-order chi connectivity index (χ0) is 20.6. The van der Waals surface area contributed by atoms with Crippen LogP contribution in [0.4, 0.5) is 4.39 Å². The van der Waals surface area contributed by atoms with Crippen molar-refractivity contribution in [3.05, 3.63) is 27.3 Å². The molecule has 1 aromatic carbocycles. The van der Waals surface area contributed by atoms with Crippen molar-refractivity contribution < 1.29 is 33.4 Å². The molecule has 8 nitrogen and oxygen atoms in total. The Labute approximate surface area is 169 Å². The fourth-order valence-electron chi connectivity index (χ4n) is 2.23. The van der Waals surface area contributed by atoms with Crippen molar-refractivity contribution in [2.75, 3.05) is 13.8 Å². The van der Waals surface area contributed by atoms with E-state index >= 15 is 0 Å². The Balaban J connectivity index is 2.71. The molecule has 0 aliphatic rings. The molecule has 0 bridgehead atoms. The third-order valence-corrected chi connectivity index (χ3v) is 4.25. The number of benzene rings is 1. The minimum atomic E-state index is -1.49. The highest BCUT2D eigenvalue weighted by molar-refractivity contribution is 14.1. The fraction of sp³-hybridized carbons (Fsp3) is 0.412. The molecular weight excluding hydrogens is 474 g/mol. The van der Waals surface area contributed by atoms with Gasteiger partial charge in [-0.25, -0.2) is 4.39 Å². The molecule has 0 heterocycles. The van der Waals surface area contributed by atoms with Gasteiger partial charge in [-0.3, -0.25) is 19.2 Å². The number of hydrogen-bond donors (Lipinski definition) is 3. The molecule has 10 heteroatoms. The van der Waals surface area contributed by atoms with Crippen molar-refractivity contribution >= 4 is 46.2 Å². The van der Waals surface area contributed by atoms with Crippen LogP contribution < -0.4 is 15.4 Å². The first kappa shape index (κ1) is 22.8. The van der Waals surface area contributed by atoms with Gasteiger partial charge in [-0.05, 0) is 47.7 Å². The summed E-state index contributed by atoms with van der Waals surface area (Å²) in [6, 6.07) is 2.78. The van der Waals surface area contributed by atoms with Crippen LogP contribution in [0.1, 0.15) is 18.9 Å². The first-order chi connectivity index (χ1) is 12.7. The first-order valence-corrected chi connectivity index (χ1v) is 8.98. The molecule has 0 aromatic heterocycles. The Kier molecular flexibility index (Phi) is 9.12.